The number of nitrogens with zero attached hydrogens (tertiary/aromatic N) is 1. The molecule has 6 heteroatoms. The lowest BCUT2D eigenvalue weighted by molar-refractivity contribution is -0.123. The number of benzene rings is 3. The van der Waals surface area contributed by atoms with Crippen molar-refractivity contribution in [1.82, 2.24) is 4.90 Å². The molecule has 1 fully saturated rings. The van der Waals surface area contributed by atoms with E-state index in [1.54, 1.807) is 32.4 Å². The van der Waals surface area contributed by atoms with E-state index < -0.39 is 0 Å². The first-order chi connectivity index (χ1) is 14.1. The molecule has 1 aliphatic heterocycles. The van der Waals surface area contributed by atoms with Crippen LogP contribution in [-0.2, 0) is 11.3 Å². The summed E-state index contributed by atoms with van der Waals surface area (Å²) >= 11 is 0.951. The molecule has 0 saturated carbocycles. The minimum absolute atomic E-state index is 0.245. The number of methoxy groups -OCH3 is 2. The maximum Gasteiger partial charge on any atom is 0.293 e. The number of rotatable bonds is 5. The van der Waals surface area contributed by atoms with Crippen LogP contribution in [0.4, 0.5) is 4.79 Å². The lowest BCUT2D eigenvalue weighted by Gasteiger charge is -2.14. The van der Waals surface area contributed by atoms with Gasteiger partial charge < -0.3 is 9.47 Å². The second-order valence-corrected chi connectivity index (χ2v) is 7.51. The molecule has 0 radical (unpaired) electrons. The summed E-state index contributed by atoms with van der Waals surface area (Å²) < 4.78 is 10.5. The van der Waals surface area contributed by atoms with Gasteiger partial charge in [0.15, 0.2) is 11.5 Å². The van der Waals surface area contributed by atoms with Gasteiger partial charge in [-0.3, -0.25) is 14.5 Å². The highest BCUT2D eigenvalue weighted by molar-refractivity contribution is 8.18. The van der Waals surface area contributed by atoms with Crippen LogP contribution in [0.25, 0.3) is 16.8 Å². The van der Waals surface area contributed by atoms with Crippen molar-refractivity contribution < 1.29 is 19.1 Å². The molecule has 0 aromatic heterocycles. The van der Waals surface area contributed by atoms with Gasteiger partial charge in [0.25, 0.3) is 11.1 Å². The van der Waals surface area contributed by atoms with Crippen molar-refractivity contribution in [3.05, 3.63) is 76.7 Å². The van der Waals surface area contributed by atoms with Gasteiger partial charge in [-0.1, -0.05) is 48.5 Å². The number of imide groups is 1. The van der Waals surface area contributed by atoms with Gasteiger partial charge in [0.2, 0.25) is 0 Å². The van der Waals surface area contributed by atoms with Crippen molar-refractivity contribution >= 4 is 39.8 Å². The highest BCUT2D eigenvalue weighted by Gasteiger charge is 2.35. The Morgan fingerprint density at radius 2 is 1.69 bits per heavy atom. The molecule has 146 valence electrons. The fraction of sp³-hybridized carbons (Fsp3) is 0.130. The number of carbonyl (C=O) groups is 2. The molecule has 0 spiro atoms. The second-order valence-electron chi connectivity index (χ2n) is 6.52. The largest absolute Gasteiger partial charge is 0.493 e. The Hall–Kier alpha value is -3.25. The zero-order chi connectivity index (χ0) is 20.4. The van der Waals surface area contributed by atoms with Crippen LogP contribution in [0.1, 0.15) is 11.1 Å². The van der Waals surface area contributed by atoms with Gasteiger partial charge in [-0.15, -0.1) is 0 Å². The van der Waals surface area contributed by atoms with E-state index in [-0.39, 0.29) is 17.7 Å². The van der Waals surface area contributed by atoms with E-state index in [4.69, 9.17) is 9.47 Å². The van der Waals surface area contributed by atoms with E-state index in [9.17, 15) is 9.59 Å². The standard InChI is InChI=1S/C23H19NO4S/c1-27-19-11-10-15(12-20(19)28-2)13-21-22(25)24(23(26)29-21)14-17-8-5-7-16-6-3-4-9-18(16)17/h3-13H,14H2,1-2H3/b21-13+. The third-order valence-corrected chi connectivity index (χ3v) is 5.69. The summed E-state index contributed by atoms with van der Waals surface area (Å²) in [5.74, 6) is 0.882. The summed E-state index contributed by atoms with van der Waals surface area (Å²) in [7, 11) is 3.12. The lowest BCUT2D eigenvalue weighted by Crippen LogP contribution is -2.27. The van der Waals surface area contributed by atoms with E-state index in [1.807, 2.05) is 48.5 Å². The summed E-state index contributed by atoms with van der Waals surface area (Å²) in [4.78, 5) is 27.1. The van der Waals surface area contributed by atoms with Crippen LogP contribution >= 0.6 is 11.8 Å². The molecule has 3 aromatic rings. The van der Waals surface area contributed by atoms with Crippen LogP contribution < -0.4 is 9.47 Å². The van der Waals surface area contributed by atoms with Crippen molar-refractivity contribution in [2.45, 2.75) is 6.54 Å². The maximum absolute atomic E-state index is 12.9. The Morgan fingerprint density at radius 3 is 2.48 bits per heavy atom. The van der Waals surface area contributed by atoms with E-state index in [0.29, 0.717) is 16.4 Å². The number of thioether (sulfide) groups is 1. The summed E-state index contributed by atoms with van der Waals surface area (Å²) in [6.07, 6.45) is 1.70. The van der Waals surface area contributed by atoms with Crippen molar-refractivity contribution in [3.8, 4) is 11.5 Å². The van der Waals surface area contributed by atoms with Crippen LogP contribution in [0, 0.1) is 0 Å². The Bertz CT molecular complexity index is 1130. The predicted octanol–water partition coefficient (Wildman–Crippen LogP) is 5.09. The maximum atomic E-state index is 12.9. The molecule has 29 heavy (non-hydrogen) atoms. The Kier molecular flexibility index (Phi) is 5.27. The smallest absolute Gasteiger partial charge is 0.293 e. The number of ether oxygens (including phenoxy) is 2. The Balaban J connectivity index is 1.61. The molecule has 2 amide bonds. The SMILES string of the molecule is COc1ccc(/C=C2/SC(=O)N(Cc3cccc4ccccc34)C2=O)cc1OC. The second kappa shape index (κ2) is 8.01. The van der Waals surface area contributed by atoms with Gasteiger partial charge >= 0.3 is 0 Å². The summed E-state index contributed by atoms with van der Waals surface area (Å²) in [6.45, 7) is 0.245. The number of carbonyl (C=O) groups excluding carboxylic acids is 2. The first-order valence-corrected chi connectivity index (χ1v) is 9.86. The van der Waals surface area contributed by atoms with Gasteiger partial charge in [-0.2, -0.15) is 0 Å². The molecule has 0 unspecified atom stereocenters. The minimum atomic E-state index is -0.289. The number of hydrogen-bond donors (Lipinski definition) is 0. The third kappa shape index (κ3) is 3.71. The average Bonchev–Trinajstić information content (AvgIpc) is 3.01. The van der Waals surface area contributed by atoms with Crippen molar-refractivity contribution in [2.75, 3.05) is 14.2 Å². The van der Waals surface area contributed by atoms with Crippen molar-refractivity contribution in [2.24, 2.45) is 0 Å². The molecule has 0 N–H and O–H groups in total. The molecule has 0 atom stereocenters. The molecule has 1 saturated heterocycles. The van der Waals surface area contributed by atoms with Crippen LogP contribution in [0.5, 0.6) is 11.5 Å². The van der Waals surface area contributed by atoms with Gasteiger partial charge in [-0.25, -0.2) is 0 Å². The average molecular weight is 405 g/mol. The van der Waals surface area contributed by atoms with Crippen molar-refractivity contribution in [3.63, 3.8) is 0 Å². The molecular formula is C23H19NO4S. The predicted molar refractivity (Wildman–Crippen MR) is 115 cm³/mol. The Labute approximate surface area is 172 Å². The normalized spacial score (nSPS) is 15.4. The number of hydrogen-bond acceptors (Lipinski definition) is 5. The zero-order valence-electron chi connectivity index (χ0n) is 16.0. The van der Waals surface area contributed by atoms with Crippen molar-refractivity contribution in [1.29, 1.82) is 0 Å². The molecule has 0 aliphatic carbocycles. The van der Waals surface area contributed by atoms with Gasteiger partial charge in [0.05, 0.1) is 25.7 Å². The van der Waals surface area contributed by atoms with E-state index >= 15 is 0 Å². The first-order valence-electron chi connectivity index (χ1n) is 9.04. The fourth-order valence-corrected chi connectivity index (χ4v) is 4.17. The van der Waals surface area contributed by atoms with Gasteiger partial charge in [-0.05, 0) is 51.9 Å². The number of amides is 2. The molecule has 3 aromatic carbocycles. The van der Waals surface area contributed by atoms with Gasteiger partial charge in [0.1, 0.15) is 0 Å². The molecule has 5 nitrogen and oxygen atoms in total. The molecule has 1 aliphatic rings. The fourth-order valence-electron chi connectivity index (χ4n) is 3.33. The summed E-state index contributed by atoms with van der Waals surface area (Å²) in [5, 5.41) is 1.85. The quantitative estimate of drug-likeness (QED) is 0.553. The molecule has 4 rings (SSSR count). The van der Waals surface area contributed by atoms with Crippen LogP contribution in [0.3, 0.4) is 0 Å². The zero-order valence-corrected chi connectivity index (χ0v) is 16.9. The highest BCUT2D eigenvalue weighted by atomic mass is 32.2. The summed E-state index contributed by atoms with van der Waals surface area (Å²) in [5.41, 5.74) is 1.70. The topological polar surface area (TPSA) is 55.8 Å². The number of fused-ring (bicyclic) bond motifs is 1. The summed E-state index contributed by atoms with van der Waals surface area (Å²) in [6, 6.07) is 19.2. The van der Waals surface area contributed by atoms with Gasteiger partial charge in [0, 0.05) is 0 Å². The lowest BCUT2D eigenvalue weighted by atomic mass is 10.0. The monoisotopic (exact) mass is 405 g/mol. The first kappa shape index (κ1) is 19.1. The molecular weight excluding hydrogens is 386 g/mol. The van der Waals surface area contributed by atoms with Crippen LogP contribution in [0.2, 0.25) is 0 Å². The minimum Gasteiger partial charge on any atom is -0.493 e. The van der Waals surface area contributed by atoms with Crippen LogP contribution in [-0.4, -0.2) is 30.3 Å². The van der Waals surface area contributed by atoms with E-state index in [2.05, 4.69) is 0 Å². The highest BCUT2D eigenvalue weighted by Crippen LogP contribution is 2.35. The van der Waals surface area contributed by atoms with E-state index in [1.165, 1.54) is 4.90 Å². The van der Waals surface area contributed by atoms with E-state index in [0.717, 1.165) is 33.7 Å². The molecule has 1 heterocycles. The van der Waals surface area contributed by atoms with Crippen LogP contribution in [0.15, 0.2) is 65.6 Å². The Morgan fingerprint density at radius 1 is 0.931 bits per heavy atom. The third-order valence-electron chi connectivity index (χ3n) is 4.79. The molecule has 0 bridgehead atoms.